The standard InChI is InChI=1S/C31H41ClNO2/c1-3-5-19-33(20-6-4-2,26-27-13-9-7-10-14-27)21-22-34-23-24-35-31-18-17-29(25-30(31)32)28-15-11-8-12-16-28/h7-18,25H,3-6,19-24,26H2,1-2H3/q+1. The maximum Gasteiger partial charge on any atom is 0.138 e. The van der Waals surface area contributed by atoms with Crippen molar-refractivity contribution < 1.29 is 14.0 Å². The summed E-state index contributed by atoms with van der Waals surface area (Å²) in [6.07, 6.45) is 4.94. The van der Waals surface area contributed by atoms with E-state index in [-0.39, 0.29) is 0 Å². The SMILES string of the molecule is CCCC[N+](CCCC)(CCOCCOc1ccc(-c2ccccc2)cc1Cl)Cc1ccccc1. The Morgan fingerprint density at radius 2 is 1.34 bits per heavy atom. The molecule has 0 N–H and O–H groups in total. The van der Waals surface area contributed by atoms with E-state index in [1.807, 2.05) is 36.4 Å². The smallest absolute Gasteiger partial charge is 0.138 e. The van der Waals surface area contributed by atoms with Crippen LogP contribution in [0.5, 0.6) is 5.75 Å². The van der Waals surface area contributed by atoms with Crippen LogP contribution in [0.2, 0.25) is 5.02 Å². The lowest BCUT2D eigenvalue weighted by Crippen LogP contribution is -2.50. The molecule has 3 aromatic carbocycles. The summed E-state index contributed by atoms with van der Waals surface area (Å²) in [6.45, 7) is 10.9. The average molecular weight is 495 g/mol. The fourth-order valence-corrected chi connectivity index (χ4v) is 4.76. The summed E-state index contributed by atoms with van der Waals surface area (Å²) in [5.74, 6) is 0.704. The van der Waals surface area contributed by atoms with Crippen LogP contribution in [-0.4, -0.2) is 43.9 Å². The van der Waals surface area contributed by atoms with Crippen molar-refractivity contribution in [1.29, 1.82) is 0 Å². The van der Waals surface area contributed by atoms with Gasteiger partial charge in [-0.05, 0) is 36.1 Å². The van der Waals surface area contributed by atoms with Gasteiger partial charge in [-0.1, -0.05) is 105 Å². The van der Waals surface area contributed by atoms with Crippen LogP contribution in [0.4, 0.5) is 0 Å². The van der Waals surface area contributed by atoms with Gasteiger partial charge in [0.15, 0.2) is 0 Å². The zero-order valence-corrected chi connectivity index (χ0v) is 22.2. The molecule has 0 bridgehead atoms. The van der Waals surface area contributed by atoms with Crippen molar-refractivity contribution >= 4 is 11.6 Å². The van der Waals surface area contributed by atoms with E-state index in [0.29, 0.717) is 24.0 Å². The van der Waals surface area contributed by atoms with Crippen molar-refractivity contribution in [3.8, 4) is 16.9 Å². The molecule has 3 aromatic rings. The topological polar surface area (TPSA) is 18.5 Å². The molecular formula is C31H41ClNO2+. The molecule has 35 heavy (non-hydrogen) atoms. The van der Waals surface area contributed by atoms with Crippen molar-refractivity contribution in [2.75, 3.05) is 39.5 Å². The minimum Gasteiger partial charge on any atom is -0.490 e. The second-order valence-electron chi connectivity index (χ2n) is 9.34. The lowest BCUT2D eigenvalue weighted by Gasteiger charge is -2.39. The molecule has 3 nitrogen and oxygen atoms in total. The van der Waals surface area contributed by atoms with Crippen molar-refractivity contribution in [1.82, 2.24) is 0 Å². The highest BCUT2D eigenvalue weighted by Gasteiger charge is 2.26. The normalized spacial score (nSPS) is 11.5. The van der Waals surface area contributed by atoms with Gasteiger partial charge in [0.1, 0.15) is 25.4 Å². The Morgan fingerprint density at radius 1 is 0.686 bits per heavy atom. The van der Waals surface area contributed by atoms with Gasteiger partial charge in [-0.25, -0.2) is 0 Å². The molecule has 4 heteroatoms. The Kier molecular flexibility index (Phi) is 11.6. The van der Waals surface area contributed by atoms with Crippen LogP contribution >= 0.6 is 11.6 Å². The number of quaternary nitrogens is 1. The summed E-state index contributed by atoms with van der Waals surface area (Å²) in [6, 6.07) is 27.1. The molecule has 0 aliphatic carbocycles. The summed E-state index contributed by atoms with van der Waals surface area (Å²) in [5, 5.41) is 0.629. The Morgan fingerprint density at radius 3 is 1.97 bits per heavy atom. The molecule has 0 radical (unpaired) electrons. The van der Waals surface area contributed by atoms with Gasteiger partial charge in [0.25, 0.3) is 0 Å². The number of hydrogen-bond donors (Lipinski definition) is 0. The fourth-order valence-electron chi connectivity index (χ4n) is 4.53. The lowest BCUT2D eigenvalue weighted by atomic mass is 10.1. The molecule has 0 aliphatic heterocycles. The van der Waals surface area contributed by atoms with E-state index in [1.54, 1.807) is 0 Å². The van der Waals surface area contributed by atoms with E-state index in [1.165, 1.54) is 44.3 Å². The quantitative estimate of drug-likeness (QED) is 0.148. The number of ether oxygens (including phenoxy) is 2. The molecule has 0 saturated carbocycles. The number of rotatable bonds is 16. The van der Waals surface area contributed by atoms with Gasteiger partial charge in [0.2, 0.25) is 0 Å². The molecule has 0 saturated heterocycles. The number of unbranched alkanes of at least 4 members (excludes halogenated alkanes) is 2. The third-order valence-corrected chi connectivity index (χ3v) is 6.86. The van der Waals surface area contributed by atoms with E-state index in [4.69, 9.17) is 21.1 Å². The third-order valence-electron chi connectivity index (χ3n) is 6.57. The molecule has 188 valence electrons. The summed E-state index contributed by atoms with van der Waals surface area (Å²) in [5.41, 5.74) is 3.65. The number of hydrogen-bond acceptors (Lipinski definition) is 2. The van der Waals surface area contributed by atoms with Crippen molar-refractivity contribution in [3.05, 3.63) is 89.4 Å². The van der Waals surface area contributed by atoms with Crippen LogP contribution < -0.4 is 4.74 Å². The Balaban J connectivity index is 1.50. The van der Waals surface area contributed by atoms with Crippen LogP contribution in [0.15, 0.2) is 78.9 Å². The molecule has 0 fully saturated rings. The first-order valence-electron chi connectivity index (χ1n) is 13.1. The molecule has 3 rings (SSSR count). The van der Waals surface area contributed by atoms with E-state index >= 15 is 0 Å². The molecule has 0 atom stereocenters. The molecule has 0 amide bonds. The van der Waals surface area contributed by atoms with Crippen LogP contribution in [-0.2, 0) is 11.3 Å². The van der Waals surface area contributed by atoms with E-state index in [9.17, 15) is 0 Å². The largest absolute Gasteiger partial charge is 0.490 e. The zero-order valence-electron chi connectivity index (χ0n) is 21.4. The number of halogens is 1. The van der Waals surface area contributed by atoms with E-state index in [0.717, 1.165) is 35.3 Å². The number of benzene rings is 3. The maximum absolute atomic E-state index is 6.48. The monoisotopic (exact) mass is 494 g/mol. The van der Waals surface area contributed by atoms with Crippen LogP contribution in [0.3, 0.4) is 0 Å². The molecular weight excluding hydrogens is 454 g/mol. The first kappa shape index (κ1) is 27.3. The second-order valence-corrected chi connectivity index (χ2v) is 9.74. The van der Waals surface area contributed by atoms with Gasteiger partial charge >= 0.3 is 0 Å². The van der Waals surface area contributed by atoms with Crippen molar-refractivity contribution in [2.24, 2.45) is 0 Å². The molecule has 0 aliphatic rings. The predicted molar refractivity (Wildman–Crippen MR) is 148 cm³/mol. The summed E-state index contributed by atoms with van der Waals surface area (Å²) < 4.78 is 13.1. The minimum absolute atomic E-state index is 0.493. The number of nitrogens with zero attached hydrogens (tertiary/aromatic N) is 1. The molecule has 0 spiro atoms. The molecule has 0 aromatic heterocycles. The maximum atomic E-state index is 6.48. The second kappa shape index (κ2) is 14.9. The van der Waals surface area contributed by atoms with E-state index < -0.39 is 0 Å². The minimum atomic E-state index is 0.493. The van der Waals surface area contributed by atoms with Crippen molar-refractivity contribution in [3.63, 3.8) is 0 Å². The van der Waals surface area contributed by atoms with Gasteiger partial charge in [-0.3, -0.25) is 0 Å². The van der Waals surface area contributed by atoms with Gasteiger partial charge in [0.05, 0.1) is 31.3 Å². The van der Waals surface area contributed by atoms with E-state index in [2.05, 4.69) is 56.3 Å². The average Bonchev–Trinajstić information content (AvgIpc) is 2.90. The Hall–Kier alpha value is -2.33. The third kappa shape index (κ3) is 9.00. The molecule has 0 heterocycles. The van der Waals surface area contributed by atoms with Crippen LogP contribution in [0, 0.1) is 0 Å². The summed E-state index contributed by atoms with van der Waals surface area (Å²) >= 11 is 6.48. The Bertz CT molecular complexity index is 970. The first-order valence-corrected chi connectivity index (χ1v) is 13.5. The zero-order chi connectivity index (χ0) is 24.8. The van der Waals surface area contributed by atoms with Crippen LogP contribution in [0.1, 0.15) is 45.1 Å². The predicted octanol–water partition coefficient (Wildman–Crippen LogP) is 8.02. The van der Waals surface area contributed by atoms with Gasteiger partial charge < -0.3 is 14.0 Å². The summed E-state index contributed by atoms with van der Waals surface area (Å²) in [4.78, 5) is 0. The first-order chi connectivity index (χ1) is 17.2. The van der Waals surface area contributed by atoms with Gasteiger partial charge in [0, 0.05) is 5.56 Å². The van der Waals surface area contributed by atoms with Gasteiger partial charge in [-0.2, -0.15) is 0 Å². The summed E-state index contributed by atoms with van der Waals surface area (Å²) in [7, 11) is 0. The highest BCUT2D eigenvalue weighted by molar-refractivity contribution is 6.32. The van der Waals surface area contributed by atoms with Crippen molar-refractivity contribution in [2.45, 2.75) is 46.1 Å². The highest BCUT2D eigenvalue weighted by Crippen LogP contribution is 2.30. The Labute approximate surface area is 217 Å². The van der Waals surface area contributed by atoms with Gasteiger partial charge in [-0.15, -0.1) is 0 Å². The lowest BCUT2D eigenvalue weighted by molar-refractivity contribution is -0.941. The molecule has 0 unspecified atom stereocenters. The fraction of sp³-hybridized carbons (Fsp3) is 0.419. The highest BCUT2D eigenvalue weighted by atomic mass is 35.5. The van der Waals surface area contributed by atoms with Crippen LogP contribution in [0.25, 0.3) is 11.1 Å².